The number of carbonyl (C=O) groups excluding carboxylic acids is 1. The molecule has 100 valence electrons. The lowest BCUT2D eigenvalue weighted by Crippen LogP contribution is -2.43. The van der Waals surface area contributed by atoms with Gasteiger partial charge in [0.25, 0.3) is 5.91 Å². The third-order valence-electron chi connectivity index (χ3n) is 2.89. The zero-order valence-electron chi connectivity index (χ0n) is 11.1. The number of amides is 1. The second-order valence-electron chi connectivity index (χ2n) is 5.03. The SMILES string of the molecule is CC(CN(C)C)NC(=O)c1cn(C2CNC2)nn1. The number of nitrogens with zero attached hydrogens (tertiary/aromatic N) is 4. The van der Waals surface area contributed by atoms with Crippen LogP contribution in [0.4, 0.5) is 0 Å². The molecule has 0 aliphatic carbocycles. The molecule has 0 aromatic carbocycles. The third kappa shape index (κ3) is 3.05. The molecule has 18 heavy (non-hydrogen) atoms. The van der Waals surface area contributed by atoms with Gasteiger partial charge >= 0.3 is 0 Å². The first-order chi connectivity index (χ1) is 8.56. The molecule has 1 unspecified atom stereocenters. The lowest BCUT2D eigenvalue weighted by Gasteiger charge is -2.26. The summed E-state index contributed by atoms with van der Waals surface area (Å²) < 4.78 is 1.75. The Kier molecular flexibility index (Phi) is 3.93. The first kappa shape index (κ1) is 13.0. The fourth-order valence-electron chi connectivity index (χ4n) is 1.91. The summed E-state index contributed by atoms with van der Waals surface area (Å²) in [4.78, 5) is 13.9. The van der Waals surface area contributed by atoms with Crippen LogP contribution < -0.4 is 10.6 Å². The van der Waals surface area contributed by atoms with Crippen LogP contribution in [0.2, 0.25) is 0 Å². The second-order valence-corrected chi connectivity index (χ2v) is 5.03. The molecular formula is C11H20N6O. The number of rotatable bonds is 5. The van der Waals surface area contributed by atoms with Crippen molar-refractivity contribution in [2.45, 2.75) is 19.0 Å². The van der Waals surface area contributed by atoms with E-state index in [4.69, 9.17) is 0 Å². The first-order valence-corrected chi connectivity index (χ1v) is 6.14. The number of likely N-dealkylation sites (N-methyl/N-ethyl adjacent to an activating group) is 1. The number of carbonyl (C=O) groups is 1. The van der Waals surface area contributed by atoms with Crippen LogP contribution in [0.25, 0.3) is 0 Å². The Morgan fingerprint density at radius 2 is 2.39 bits per heavy atom. The van der Waals surface area contributed by atoms with Crippen molar-refractivity contribution in [2.75, 3.05) is 33.7 Å². The van der Waals surface area contributed by atoms with Crippen LogP contribution in [-0.2, 0) is 0 Å². The van der Waals surface area contributed by atoms with Crippen molar-refractivity contribution in [1.82, 2.24) is 30.5 Å². The molecule has 0 radical (unpaired) electrons. The topological polar surface area (TPSA) is 75.1 Å². The van der Waals surface area contributed by atoms with E-state index in [1.807, 2.05) is 25.9 Å². The molecular weight excluding hydrogens is 232 g/mol. The summed E-state index contributed by atoms with van der Waals surface area (Å²) in [7, 11) is 3.95. The molecule has 0 spiro atoms. The zero-order chi connectivity index (χ0) is 13.1. The van der Waals surface area contributed by atoms with E-state index in [9.17, 15) is 4.79 Å². The van der Waals surface area contributed by atoms with E-state index in [1.165, 1.54) is 0 Å². The molecule has 7 heteroatoms. The Balaban J connectivity index is 1.90. The minimum Gasteiger partial charge on any atom is -0.347 e. The van der Waals surface area contributed by atoms with Crippen LogP contribution >= 0.6 is 0 Å². The minimum atomic E-state index is -0.164. The molecule has 1 aromatic heterocycles. The molecule has 0 bridgehead atoms. The molecule has 1 aromatic rings. The summed E-state index contributed by atoms with van der Waals surface area (Å²) in [5, 5.41) is 14.0. The van der Waals surface area contributed by atoms with E-state index in [2.05, 4.69) is 20.9 Å². The summed E-state index contributed by atoms with van der Waals surface area (Å²) in [5.74, 6) is -0.164. The largest absolute Gasteiger partial charge is 0.347 e. The van der Waals surface area contributed by atoms with Gasteiger partial charge in [-0.25, -0.2) is 4.68 Å². The van der Waals surface area contributed by atoms with Crippen molar-refractivity contribution >= 4 is 5.91 Å². The highest BCUT2D eigenvalue weighted by Crippen LogP contribution is 2.09. The Morgan fingerprint density at radius 3 is 2.94 bits per heavy atom. The van der Waals surface area contributed by atoms with Crippen molar-refractivity contribution in [3.63, 3.8) is 0 Å². The van der Waals surface area contributed by atoms with Gasteiger partial charge in [0.1, 0.15) is 0 Å². The van der Waals surface area contributed by atoms with Gasteiger partial charge in [-0.2, -0.15) is 0 Å². The van der Waals surface area contributed by atoms with Gasteiger partial charge in [-0.3, -0.25) is 4.79 Å². The fourth-order valence-corrected chi connectivity index (χ4v) is 1.91. The highest BCUT2D eigenvalue weighted by Gasteiger charge is 2.22. The number of hydrogen-bond donors (Lipinski definition) is 2. The number of aromatic nitrogens is 3. The molecule has 1 amide bonds. The average molecular weight is 252 g/mol. The molecule has 1 atom stereocenters. The van der Waals surface area contributed by atoms with Crippen molar-refractivity contribution in [3.05, 3.63) is 11.9 Å². The minimum absolute atomic E-state index is 0.0861. The standard InChI is InChI=1S/C11H20N6O/c1-8(6-16(2)3)13-11(18)10-7-17(15-14-10)9-4-12-5-9/h7-9,12H,4-6H2,1-3H3,(H,13,18). The molecule has 1 fully saturated rings. The highest BCUT2D eigenvalue weighted by atomic mass is 16.2. The van der Waals surface area contributed by atoms with Gasteiger partial charge < -0.3 is 15.5 Å². The van der Waals surface area contributed by atoms with Crippen molar-refractivity contribution in [1.29, 1.82) is 0 Å². The van der Waals surface area contributed by atoms with Crippen molar-refractivity contribution < 1.29 is 4.79 Å². The van der Waals surface area contributed by atoms with Crippen LogP contribution in [0, 0.1) is 0 Å². The predicted octanol–water partition coefficient (Wildman–Crippen LogP) is -0.898. The van der Waals surface area contributed by atoms with Crippen LogP contribution in [0.5, 0.6) is 0 Å². The van der Waals surface area contributed by atoms with E-state index in [0.717, 1.165) is 19.6 Å². The normalized spacial score (nSPS) is 17.6. The summed E-state index contributed by atoms with van der Waals surface area (Å²) in [5.41, 5.74) is 0.382. The predicted molar refractivity (Wildman–Crippen MR) is 67.4 cm³/mol. The number of hydrogen-bond acceptors (Lipinski definition) is 5. The van der Waals surface area contributed by atoms with E-state index >= 15 is 0 Å². The lowest BCUT2D eigenvalue weighted by atomic mass is 10.2. The maximum atomic E-state index is 11.9. The summed E-state index contributed by atoms with van der Waals surface area (Å²) in [6.07, 6.45) is 1.71. The molecule has 0 saturated carbocycles. The molecule has 2 heterocycles. The molecule has 1 saturated heterocycles. The smallest absolute Gasteiger partial charge is 0.273 e. The Labute approximate surface area is 107 Å². The molecule has 2 rings (SSSR count). The maximum absolute atomic E-state index is 11.9. The lowest BCUT2D eigenvalue weighted by molar-refractivity contribution is 0.0929. The summed E-state index contributed by atoms with van der Waals surface area (Å²) >= 11 is 0. The van der Waals surface area contributed by atoms with E-state index in [0.29, 0.717) is 11.7 Å². The molecule has 1 aliphatic heterocycles. The average Bonchev–Trinajstić information content (AvgIpc) is 2.62. The van der Waals surface area contributed by atoms with Crippen LogP contribution in [0.3, 0.4) is 0 Å². The van der Waals surface area contributed by atoms with Gasteiger partial charge in [0.05, 0.1) is 12.2 Å². The van der Waals surface area contributed by atoms with Gasteiger partial charge in [0.15, 0.2) is 5.69 Å². The van der Waals surface area contributed by atoms with Gasteiger partial charge in [-0.05, 0) is 21.0 Å². The van der Waals surface area contributed by atoms with Crippen LogP contribution in [0.15, 0.2) is 6.20 Å². The summed E-state index contributed by atoms with van der Waals surface area (Å²) in [6, 6.07) is 0.418. The molecule has 1 aliphatic rings. The van der Waals surface area contributed by atoms with Crippen molar-refractivity contribution in [2.24, 2.45) is 0 Å². The Hall–Kier alpha value is -1.47. The first-order valence-electron chi connectivity index (χ1n) is 6.14. The quantitative estimate of drug-likeness (QED) is 0.710. The van der Waals surface area contributed by atoms with Crippen LogP contribution in [0.1, 0.15) is 23.5 Å². The van der Waals surface area contributed by atoms with Gasteiger partial charge in [0.2, 0.25) is 0 Å². The summed E-state index contributed by atoms with van der Waals surface area (Å²) in [6.45, 7) is 4.55. The third-order valence-corrected chi connectivity index (χ3v) is 2.89. The molecule has 7 nitrogen and oxygen atoms in total. The van der Waals surface area contributed by atoms with Crippen LogP contribution in [-0.4, -0.2) is 65.6 Å². The molecule has 2 N–H and O–H groups in total. The zero-order valence-corrected chi connectivity index (χ0v) is 11.1. The Bertz CT molecular complexity index is 411. The maximum Gasteiger partial charge on any atom is 0.273 e. The fraction of sp³-hybridized carbons (Fsp3) is 0.727. The van der Waals surface area contributed by atoms with E-state index in [-0.39, 0.29) is 11.9 Å². The van der Waals surface area contributed by atoms with E-state index < -0.39 is 0 Å². The Morgan fingerprint density at radius 1 is 1.67 bits per heavy atom. The van der Waals surface area contributed by atoms with Gasteiger partial charge in [0, 0.05) is 25.7 Å². The van der Waals surface area contributed by atoms with Gasteiger partial charge in [-0.15, -0.1) is 5.10 Å². The van der Waals surface area contributed by atoms with Gasteiger partial charge in [-0.1, -0.05) is 5.21 Å². The van der Waals surface area contributed by atoms with Crippen molar-refractivity contribution in [3.8, 4) is 0 Å². The number of nitrogens with one attached hydrogen (secondary N) is 2. The second kappa shape index (κ2) is 5.45. The van der Waals surface area contributed by atoms with E-state index in [1.54, 1.807) is 10.9 Å². The monoisotopic (exact) mass is 252 g/mol. The highest BCUT2D eigenvalue weighted by molar-refractivity contribution is 5.92.